The first-order valence-corrected chi connectivity index (χ1v) is 12.3. The Morgan fingerprint density at radius 1 is 1.02 bits per heavy atom. The lowest BCUT2D eigenvalue weighted by Crippen LogP contribution is -2.22. The molecule has 5 aromatic rings. The Morgan fingerprint density at radius 3 is 2.52 bits per heavy atom. The number of rotatable bonds is 4. The molecule has 0 fully saturated rings. The van der Waals surface area contributed by atoms with Crippen LogP contribution in [0.15, 0.2) is 65.6 Å². The summed E-state index contributed by atoms with van der Waals surface area (Å²) >= 11 is 0. The van der Waals surface area contributed by atoms with Crippen molar-refractivity contribution in [1.29, 1.82) is 0 Å². The van der Waals surface area contributed by atoms with Gasteiger partial charge in [0.25, 0.3) is 5.56 Å². The van der Waals surface area contributed by atoms with E-state index in [1.165, 1.54) is 45.8 Å². The molecule has 0 saturated carbocycles. The van der Waals surface area contributed by atoms with Crippen molar-refractivity contribution in [2.24, 2.45) is 7.05 Å². The molecule has 0 aliphatic heterocycles. The molecule has 10 nitrogen and oxygen atoms in total. The van der Waals surface area contributed by atoms with Crippen LogP contribution in [0, 0.1) is 11.6 Å². The number of hydrogen-bond acceptors (Lipinski definition) is 6. The number of nitrogens with zero attached hydrogens (tertiary/aromatic N) is 5. The van der Waals surface area contributed by atoms with Crippen molar-refractivity contribution in [2.45, 2.75) is 26.2 Å². The normalized spacial score (nSPS) is 11.6. The molecule has 0 aliphatic carbocycles. The van der Waals surface area contributed by atoms with E-state index in [4.69, 9.17) is 5.73 Å². The number of urea groups is 1. The molecule has 0 saturated heterocycles. The highest BCUT2D eigenvalue weighted by atomic mass is 19.1. The number of carbonyl (C=O) groups is 1. The minimum atomic E-state index is -0.760. The summed E-state index contributed by atoms with van der Waals surface area (Å²) in [5.74, 6) is -0.883. The van der Waals surface area contributed by atoms with Gasteiger partial charge in [-0.05, 0) is 42.0 Å². The van der Waals surface area contributed by atoms with Crippen LogP contribution in [0.5, 0.6) is 0 Å². The molecule has 40 heavy (non-hydrogen) atoms. The molecule has 204 valence electrons. The van der Waals surface area contributed by atoms with Crippen LogP contribution in [0.4, 0.5) is 31.0 Å². The number of fused-ring (bicyclic) bond motifs is 1. The van der Waals surface area contributed by atoms with Crippen LogP contribution in [0.1, 0.15) is 26.5 Å². The Hall–Kier alpha value is -5.13. The molecule has 0 aliphatic rings. The number of hydrogen-bond donors (Lipinski definition) is 3. The van der Waals surface area contributed by atoms with E-state index < -0.39 is 17.7 Å². The van der Waals surface area contributed by atoms with Crippen molar-refractivity contribution in [2.75, 3.05) is 16.4 Å². The number of benzene rings is 2. The third kappa shape index (κ3) is 5.10. The maximum Gasteiger partial charge on any atom is 0.324 e. The van der Waals surface area contributed by atoms with E-state index in [1.807, 2.05) is 20.8 Å². The van der Waals surface area contributed by atoms with Crippen LogP contribution < -0.4 is 21.9 Å². The summed E-state index contributed by atoms with van der Waals surface area (Å²) in [4.78, 5) is 34.2. The van der Waals surface area contributed by atoms with Crippen LogP contribution in [0.2, 0.25) is 0 Å². The maximum atomic E-state index is 14.8. The lowest BCUT2D eigenvalue weighted by atomic mass is 9.92. The van der Waals surface area contributed by atoms with Crippen molar-refractivity contribution >= 4 is 34.5 Å². The van der Waals surface area contributed by atoms with Gasteiger partial charge in [0.2, 0.25) is 5.95 Å². The number of nitrogens with one attached hydrogen (secondary N) is 2. The zero-order valence-electron chi connectivity index (χ0n) is 22.2. The van der Waals surface area contributed by atoms with Gasteiger partial charge >= 0.3 is 6.03 Å². The SMILES string of the molecule is Cn1c(=O)c(-c2ccc(F)c(NC(=O)Nc3cc(C(C)(C)C)nn3-c3cccc(F)c3)c2)cc2cnc(N)nc21. The summed E-state index contributed by atoms with van der Waals surface area (Å²) in [6.45, 7) is 5.86. The number of halogens is 2. The smallest absolute Gasteiger partial charge is 0.324 e. The van der Waals surface area contributed by atoms with Crippen LogP contribution in [0.25, 0.3) is 27.8 Å². The molecule has 0 radical (unpaired) electrons. The number of aryl methyl sites for hydroxylation is 1. The Kier molecular flexibility index (Phi) is 6.54. The molecular weight excluding hydrogens is 518 g/mol. The van der Waals surface area contributed by atoms with Crippen LogP contribution in [-0.2, 0) is 12.5 Å². The zero-order valence-corrected chi connectivity index (χ0v) is 22.2. The van der Waals surface area contributed by atoms with E-state index in [-0.39, 0.29) is 34.0 Å². The van der Waals surface area contributed by atoms with Crippen molar-refractivity contribution in [1.82, 2.24) is 24.3 Å². The van der Waals surface area contributed by atoms with Crippen molar-refractivity contribution in [3.8, 4) is 16.8 Å². The predicted octanol–water partition coefficient (Wildman–Crippen LogP) is 4.98. The van der Waals surface area contributed by atoms with E-state index >= 15 is 0 Å². The van der Waals surface area contributed by atoms with E-state index in [2.05, 4.69) is 25.7 Å². The Morgan fingerprint density at radius 2 is 1.80 bits per heavy atom. The second-order valence-electron chi connectivity index (χ2n) is 10.3. The zero-order chi connectivity index (χ0) is 28.8. The molecule has 3 heterocycles. The second-order valence-corrected chi connectivity index (χ2v) is 10.3. The molecule has 12 heteroatoms. The first kappa shape index (κ1) is 26.5. The average Bonchev–Trinajstić information content (AvgIpc) is 3.32. The van der Waals surface area contributed by atoms with Gasteiger partial charge in [-0.3, -0.25) is 14.7 Å². The highest BCUT2D eigenvalue weighted by molar-refractivity contribution is 6.00. The molecule has 4 N–H and O–H groups in total. The number of nitrogen functional groups attached to an aromatic ring is 1. The van der Waals surface area contributed by atoms with Gasteiger partial charge in [-0.1, -0.05) is 32.9 Å². The number of carbonyl (C=O) groups excluding carboxylic acids is 1. The Labute approximate surface area is 227 Å². The van der Waals surface area contributed by atoms with Crippen molar-refractivity contribution in [3.05, 3.63) is 88.5 Å². The van der Waals surface area contributed by atoms with Gasteiger partial charge in [0.05, 0.1) is 17.1 Å². The number of aromatic nitrogens is 5. The maximum absolute atomic E-state index is 14.8. The summed E-state index contributed by atoms with van der Waals surface area (Å²) in [5, 5.41) is 10.3. The highest BCUT2D eigenvalue weighted by Crippen LogP contribution is 2.28. The van der Waals surface area contributed by atoms with Crippen molar-refractivity contribution < 1.29 is 13.6 Å². The fourth-order valence-electron chi connectivity index (χ4n) is 4.17. The largest absolute Gasteiger partial charge is 0.368 e. The van der Waals surface area contributed by atoms with Crippen LogP contribution in [-0.4, -0.2) is 30.3 Å². The van der Waals surface area contributed by atoms with Gasteiger partial charge in [0.15, 0.2) is 0 Å². The lowest BCUT2D eigenvalue weighted by molar-refractivity contribution is 0.262. The number of pyridine rings is 1. The first-order valence-electron chi connectivity index (χ1n) is 12.3. The minimum Gasteiger partial charge on any atom is -0.368 e. The predicted molar refractivity (Wildman–Crippen MR) is 149 cm³/mol. The quantitative estimate of drug-likeness (QED) is 0.292. The minimum absolute atomic E-state index is 0.0305. The summed E-state index contributed by atoms with van der Waals surface area (Å²) in [5.41, 5.74) is 6.78. The van der Waals surface area contributed by atoms with Crippen LogP contribution >= 0.6 is 0 Å². The second kappa shape index (κ2) is 9.88. The van der Waals surface area contributed by atoms with Gasteiger partial charge < -0.3 is 11.1 Å². The lowest BCUT2D eigenvalue weighted by Gasteiger charge is -2.14. The summed E-state index contributed by atoms with van der Waals surface area (Å²) < 4.78 is 31.5. The fourth-order valence-corrected chi connectivity index (χ4v) is 4.17. The number of amides is 2. The molecule has 0 unspecified atom stereocenters. The summed E-state index contributed by atoms with van der Waals surface area (Å²) in [6.07, 6.45) is 1.49. The molecular formula is C28H26F2N8O2. The van der Waals surface area contributed by atoms with E-state index in [0.29, 0.717) is 28.0 Å². The molecule has 2 amide bonds. The number of nitrogens with two attached hydrogens (primary N) is 1. The molecule has 0 spiro atoms. The van der Waals surface area contributed by atoms with E-state index in [1.54, 1.807) is 25.2 Å². The molecule has 0 atom stereocenters. The highest BCUT2D eigenvalue weighted by Gasteiger charge is 2.22. The van der Waals surface area contributed by atoms with E-state index in [0.717, 1.165) is 6.07 Å². The topological polar surface area (TPSA) is 133 Å². The van der Waals surface area contributed by atoms with Crippen LogP contribution in [0.3, 0.4) is 0 Å². The van der Waals surface area contributed by atoms with E-state index in [9.17, 15) is 18.4 Å². The fraction of sp³-hybridized carbons (Fsp3) is 0.179. The van der Waals surface area contributed by atoms with Gasteiger partial charge in [-0.2, -0.15) is 10.1 Å². The third-order valence-corrected chi connectivity index (χ3v) is 6.26. The Balaban J connectivity index is 1.47. The number of anilines is 3. The molecule has 3 aromatic heterocycles. The van der Waals surface area contributed by atoms with Gasteiger partial charge in [-0.15, -0.1) is 0 Å². The summed E-state index contributed by atoms with van der Waals surface area (Å²) in [7, 11) is 1.55. The first-order chi connectivity index (χ1) is 18.9. The van der Waals surface area contributed by atoms with Gasteiger partial charge in [0, 0.05) is 35.7 Å². The molecule has 2 aromatic carbocycles. The van der Waals surface area contributed by atoms with Gasteiger partial charge in [-0.25, -0.2) is 23.2 Å². The summed E-state index contributed by atoms with van der Waals surface area (Å²) in [6, 6.07) is 12.2. The monoisotopic (exact) mass is 544 g/mol. The van der Waals surface area contributed by atoms with Gasteiger partial charge in [0.1, 0.15) is 23.1 Å². The van der Waals surface area contributed by atoms with Crippen molar-refractivity contribution in [3.63, 3.8) is 0 Å². The Bertz CT molecular complexity index is 1840. The molecule has 5 rings (SSSR count). The third-order valence-electron chi connectivity index (χ3n) is 6.26. The average molecular weight is 545 g/mol. The molecule has 0 bridgehead atoms. The standard InChI is InChI=1S/C28H26F2N8O2/c1-28(2,3)22-13-23(38(36-22)18-7-5-6-17(29)12-18)34-27(40)33-21-11-15(8-9-20(21)30)19-10-16-14-32-26(31)35-24(16)37(4)25(19)39/h5-14H,1-4H3,(H2,31,32,35)(H2,33,34,40).